The maximum absolute atomic E-state index is 13.6. The van der Waals surface area contributed by atoms with Gasteiger partial charge in [-0.3, -0.25) is 4.90 Å². The van der Waals surface area contributed by atoms with E-state index in [-0.39, 0.29) is 12.4 Å². The van der Waals surface area contributed by atoms with Gasteiger partial charge < -0.3 is 5.11 Å². The van der Waals surface area contributed by atoms with Gasteiger partial charge in [0.2, 0.25) is 0 Å². The topological polar surface area (TPSA) is 23.5 Å². The van der Waals surface area contributed by atoms with Crippen LogP contribution in [0.2, 0.25) is 0 Å². The van der Waals surface area contributed by atoms with E-state index in [1.807, 2.05) is 12.1 Å². The summed E-state index contributed by atoms with van der Waals surface area (Å²) in [6, 6.07) is 5.79. The van der Waals surface area contributed by atoms with Gasteiger partial charge in [0, 0.05) is 19.0 Å². The molecular weight excluding hydrogens is 241 g/mol. The van der Waals surface area contributed by atoms with Crippen LogP contribution < -0.4 is 0 Å². The van der Waals surface area contributed by atoms with E-state index in [1.54, 1.807) is 0 Å². The number of rotatable bonds is 4. The first-order valence-corrected chi connectivity index (χ1v) is 6.79. The van der Waals surface area contributed by atoms with Gasteiger partial charge in [0.1, 0.15) is 5.82 Å². The molecule has 0 unspecified atom stereocenters. The predicted molar refractivity (Wildman–Crippen MR) is 74.1 cm³/mol. The van der Waals surface area contributed by atoms with E-state index in [4.69, 9.17) is 5.11 Å². The summed E-state index contributed by atoms with van der Waals surface area (Å²) in [5, 5.41) is 8.68. The van der Waals surface area contributed by atoms with Crippen molar-refractivity contribution in [2.24, 2.45) is 0 Å². The molecule has 1 aliphatic rings. The summed E-state index contributed by atoms with van der Waals surface area (Å²) in [5.74, 6) is 5.25. The Hall–Kier alpha value is -1.37. The molecule has 2 nitrogen and oxygen atoms in total. The lowest BCUT2D eigenvalue weighted by Crippen LogP contribution is -2.36. The van der Waals surface area contributed by atoms with Crippen molar-refractivity contribution >= 4 is 0 Å². The van der Waals surface area contributed by atoms with Crippen LogP contribution in [-0.2, 0) is 6.54 Å². The van der Waals surface area contributed by atoms with Crippen molar-refractivity contribution in [2.45, 2.75) is 38.3 Å². The Morgan fingerprint density at radius 2 is 2.21 bits per heavy atom. The number of aliphatic hydroxyl groups is 1. The summed E-state index contributed by atoms with van der Waals surface area (Å²) in [7, 11) is 2.12. The van der Waals surface area contributed by atoms with Gasteiger partial charge in [-0.15, -0.1) is 0 Å². The Balaban J connectivity index is 2.05. The van der Waals surface area contributed by atoms with Gasteiger partial charge in [0.15, 0.2) is 0 Å². The summed E-state index contributed by atoms with van der Waals surface area (Å²) >= 11 is 0. The molecule has 1 N–H and O–H groups in total. The molecule has 0 heterocycles. The fourth-order valence-corrected chi connectivity index (χ4v) is 2.22. The van der Waals surface area contributed by atoms with Gasteiger partial charge in [-0.2, -0.15) is 0 Å². The molecule has 0 aromatic heterocycles. The normalized spacial score (nSPS) is 14.9. The van der Waals surface area contributed by atoms with E-state index >= 15 is 0 Å². The third-order valence-electron chi connectivity index (χ3n) is 3.62. The Morgan fingerprint density at radius 3 is 2.84 bits per heavy atom. The molecule has 0 saturated heterocycles. The lowest BCUT2D eigenvalue weighted by atomic mass is 9.91. The zero-order valence-electron chi connectivity index (χ0n) is 11.3. The number of benzene rings is 1. The van der Waals surface area contributed by atoms with Crippen LogP contribution in [0.4, 0.5) is 4.39 Å². The van der Waals surface area contributed by atoms with Crippen LogP contribution in [0.5, 0.6) is 0 Å². The zero-order valence-corrected chi connectivity index (χ0v) is 11.3. The molecule has 0 atom stereocenters. The second-order valence-electron chi connectivity index (χ2n) is 5.09. The molecule has 3 heteroatoms. The van der Waals surface area contributed by atoms with Crippen molar-refractivity contribution < 1.29 is 9.50 Å². The molecule has 19 heavy (non-hydrogen) atoms. The molecule has 0 spiro atoms. The highest BCUT2D eigenvalue weighted by atomic mass is 19.1. The highest BCUT2D eigenvalue weighted by Gasteiger charge is 2.21. The summed E-state index contributed by atoms with van der Waals surface area (Å²) in [6.07, 6.45) is 4.23. The predicted octanol–water partition coefficient (Wildman–Crippen LogP) is 2.54. The molecule has 1 saturated carbocycles. The van der Waals surface area contributed by atoms with Crippen LogP contribution in [0.15, 0.2) is 18.2 Å². The van der Waals surface area contributed by atoms with Crippen molar-refractivity contribution in [3.8, 4) is 11.8 Å². The van der Waals surface area contributed by atoms with E-state index < -0.39 is 0 Å². The molecule has 102 valence electrons. The fraction of sp³-hybridized carbons (Fsp3) is 0.500. The number of nitrogens with zero attached hydrogens (tertiary/aromatic N) is 1. The van der Waals surface area contributed by atoms with Crippen LogP contribution >= 0.6 is 0 Å². The number of aliphatic hydroxyl groups excluding tert-OH is 1. The molecular formula is C16H20FNO. The molecule has 2 rings (SSSR count). The maximum atomic E-state index is 13.6. The van der Waals surface area contributed by atoms with Crippen LogP contribution in [0.3, 0.4) is 0 Å². The van der Waals surface area contributed by atoms with Crippen molar-refractivity contribution in [3.63, 3.8) is 0 Å². The quantitative estimate of drug-likeness (QED) is 0.842. The smallest absolute Gasteiger partial charge is 0.138 e. The zero-order chi connectivity index (χ0) is 13.7. The second kappa shape index (κ2) is 6.70. The van der Waals surface area contributed by atoms with Gasteiger partial charge in [-0.25, -0.2) is 4.39 Å². The fourth-order valence-electron chi connectivity index (χ4n) is 2.22. The average molecular weight is 261 g/mol. The van der Waals surface area contributed by atoms with Gasteiger partial charge >= 0.3 is 0 Å². The summed E-state index contributed by atoms with van der Waals surface area (Å²) in [5.41, 5.74) is 1.51. The lowest BCUT2D eigenvalue weighted by Gasteiger charge is -2.34. The van der Waals surface area contributed by atoms with E-state index in [2.05, 4.69) is 23.8 Å². The standard InChI is InChI=1S/C16H20FNO/c1-18(15-6-4-7-15)12-13-8-9-16(17)14(11-13)5-2-3-10-19/h8-9,11,15,19H,3-4,6-7,10,12H2,1H3. The Kier molecular flexibility index (Phi) is 4.95. The molecule has 0 bridgehead atoms. The third kappa shape index (κ3) is 3.79. The first-order valence-electron chi connectivity index (χ1n) is 6.79. The average Bonchev–Trinajstić information content (AvgIpc) is 2.31. The third-order valence-corrected chi connectivity index (χ3v) is 3.62. The first-order chi connectivity index (χ1) is 9.20. The minimum absolute atomic E-state index is 0.0126. The van der Waals surface area contributed by atoms with Crippen molar-refractivity contribution in [1.82, 2.24) is 4.90 Å². The van der Waals surface area contributed by atoms with Crippen molar-refractivity contribution in [3.05, 3.63) is 35.1 Å². The van der Waals surface area contributed by atoms with Crippen LogP contribution in [0.1, 0.15) is 36.8 Å². The summed E-state index contributed by atoms with van der Waals surface area (Å²) in [4.78, 5) is 2.32. The van der Waals surface area contributed by atoms with Crippen LogP contribution in [0.25, 0.3) is 0 Å². The summed E-state index contributed by atoms with van der Waals surface area (Å²) in [6.45, 7) is 0.846. The molecule has 1 aliphatic carbocycles. The number of hydrogen-bond donors (Lipinski definition) is 1. The molecule has 0 amide bonds. The Bertz CT molecular complexity index is 485. The van der Waals surface area contributed by atoms with E-state index in [9.17, 15) is 4.39 Å². The maximum Gasteiger partial charge on any atom is 0.138 e. The molecule has 1 aromatic carbocycles. The molecule has 0 aliphatic heterocycles. The van der Waals surface area contributed by atoms with Gasteiger partial charge in [0.05, 0.1) is 12.2 Å². The second-order valence-corrected chi connectivity index (χ2v) is 5.09. The van der Waals surface area contributed by atoms with Gasteiger partial charge in [0.25, 0.3) is 0 Å². The van der Waals surface area contributed by atoms with Crippen LogP contribution in [0, 0.1) is 17.7 Å². The Morgan fingerprint density at radius 1 is 1.42 bits per heavy atom. The minimum Gasteiger partial charge on any atom is -0.395 e. The number of hydrogen-bond acceptors (Lipinski definition) is 2. The molecule has 1 fully saturated rings. The van der Waals surface area contributed by atoms with Gasteiger partial charge in [-0.1, -0.05) is 24.3 Å². The van der Waals surface area contributed by atoms with Crippen LogP contribution in [-0.4, -0.2) is 29.7 Å². The highest BCUT2D eigenvalue weighted by Crippen LogP contribution is 2.25. The van der Waals surface area contributed by atoms with E-state index in [0.717, 1.165) is 12.1 Å². The molecule has 0 radical (unpaired) electrons. The minimum atomic E-state index is -0.291. The summed E-state index contributed by atoms with van der Waals surface area (Å²) < 4.78 is 13.6. The van der Waals surface area contributed by atoms with E-state index in [0.29, 0.717) is 18.0 Å². The van der Waals surface area contributed by atoms with Crippen molar-refractivity contribution in [1.29, 1.82) is 0 Å². The highest BCUT2D eigenvalue weighted by molar-refractivity contribution is 5.38. The van der Waals surface area contributed by atoms with Crippen molar-refractivity contribution in [2.75, 3.05) is 13.7 Å². The SMILES string of the molecule is CN(Cc1ccc(F)c(C#CCCO)c1)C1CCC1. The molecule has 1 aromatic rings. The largest absolute Gasteiger partial charge is 0.395 e. The first kappa shape index (κ1) is 14.0. The van der Waals surface area contributed by atoms with Gasteiger partial charge in [-0.05, 0) is 37.6 Å². The monoisotopic (exact) mass is 261 g/mol. The van der Waals surface area contributed by atoms with E-state index in [1.165, 1.54) is 25.3 Å². The lowest BCUT2D eigenvalue weighted by molar-refractivity contribution is 0.152. The Labute approximate surface area is 114 Å². The number of halogens is 1.